The van der Waals surface area contributed by atoms with Crippen LogP contribution in [0, 0.1) is 0 Å². The van der Waals surface area contributed by atoms with Gasteiger partial charge in [0.05, 0.1) is 12.2 Å². The van der Waals surface area contributed by atoms with Crippen molar-refractivity contribution in [1.82, 2.24) is 19.7 Å². The Morgan fingerprint density at radius 1 is 1.20 bits per heavy atom. The van der Waals surface area contributed by atoms with Gasteiger partial charge in [0.1, 0.15) is 0 Å². The molecule has 6 heteroatoms. The van der Waals surface area contributed by atoms with E-state index in [-0.39, 0.29) is 0 Å². The molecule has 2 aromatic heterocycles. The van der Waals surface area contributed by atoms with Crippen molar-refractivity contribution in [3.63, 3.8) is 0 Å². The van der Waals surface area contributed by atoms with Crippen LogP contribution in [0.25, 0.3) is 11.0 Å². The summed E-state index contributed by atoms with van der Waals surface area (Å²) >= 11 is 6.31. The lowest BCUT2D eigenvalue weighted by Crippen LogP contribution is -2.20. The quantitative estimate of drug-likeness (QED) is 0.764. The zero-order valence-corrected chi connectivity index (χ0v) is 14.9. The minimum Gasteiger partial charge on any atom is -0.329 e. The second kappa shape index (κ2) is 7.12. The van der Waals surface area contributed by atoms with Crippen molar-refractivity contribution < 1.29 is 0 Å². The summed E-state index contributed by atoms with van der Waals surface area (Å²) in [6.45, 7) is 4.20. The van der Waals surface area contributed by atoms with Crippen LogP contribution in [0.4, 0.5) is 0 Å². The smallest absolute Gasteiger partial charge is 0.158 e. The number of hydrogen-bond donors (Lipinski definition) is 1. The van der Waals surface area contributed by atoms with E-state index in [9.17, 15) is 0 Å². The third kappa shape index (κ3) is 3.27. The number of benzene rings is 1. The summed E-state index contributed by atoms with van der Waals surface area (Å²) in [4.78, 5) is 6.96. The van der Waals surface area contributed by atoms with Gasteiger partial charge in [-0.15, -0.1) is 0 Å². The molecule has 0 unspecified atom stereocenters. The Balaban J connectivity index is 1.56. The average Bonchev–Trinajstić information content (AvgIpc) is 3.23. The maximum Gasteiger partial charge on any atom is 0.158 e. The van der Waals surface area contributed by atoms with E-state index in [1.165, 1.54) is 5.56 Å². The number of nitrogens with two attached hydrogens (primary N) is 1. The molecule has 2 N–H and O–H groups in total. The van der Waals surface area contributed by atoms with Gasteiger partial charge in [0.25, 0.3) is 0 Å². The summed E-state index contributed by atoms with van der Waals surface area (Å²) in [5, 5.41) is 6.84. The number of hydrogen-bond acceptors (Lipinski definition) is 4. The summed E-state index contributed by atoms with van der Waals surface area (Å²) in [5.41, 5.74) is 9.00. The van der Waals surface area contributed by atoms with Crippen molar-refractivity contribution >= 4 is 22.6 Å². The van der Waals surface area contributed by atoms with Gasteiger partial charge in [-0.1, -0.05) is 29.8 Å². The largest absolute Gasteiger partial charge is 0.329 e. The van der Waals surface area contributed by atoms with Crippen LogP contribution in [0.1, 0.15) is 23.6 Å². The van der Waals surface area contributed by atoms with Crippen molar-refractivity contribution in [2.24, 2.45) is 5.73 Å². The van der Waals surface area contributed by atoms with Crippen LogP contribution in [-0.4, -0.2) is 39.3 Å². The minimum atomic E-state index is 0.424. The van der Waals surface area contributed by atoms with E-state index in [0.29, 0.717) is 19.0 Å². The Labute approximate surface area is 152 Å². The van der Waals surface area contributed by atoms with Crippen molar-refractivity contribution in [1.29, 1.82) is 0 Å². The molecule has 1 atom stereocenters. The van der Waals surface area contributed by atoms with E-state index < -0.39 is 0 Å². The van der Waals surface area contributed by atoms with Gasteiger partial charge in [0, 0.05) is 42.2 Å². The maximum atomic E-state index is 6.31. The highest BCUT2D eigenvalue weighted by molar-refractivity contribution is 6.31. The number of halogens is 1. The summed E-state index contributed by atoms with van der Waals surface area (Å²) < 4.78 is 1.95. The van der Waals surface area contributed by atoms with Gasteiger partial charge >= 0.3 is 0 Å². The Bertz CT molecular complexity index is 875. The summed E-state index contributed by atoms with van der Waals surface area (Å²) in [5.74, 6) is 0.424. The molecule has 1 aromatic carbocycles. The van der Waals surface area contributed by atoms with Gasteiger partial charge < -0.3 is 5.73 Å². The molecule has 0 amide bonds. The van der Waals surface area contributed by atoms with E-state index in [0.717, 1.165) is 47.8 Å². The topological polar surface area (TPSA) is 60.0 Å². The number of pyridine rings is 1. The van der Waals surface area contributed by atoms with E-state index in [2.05, 4.69) is 22.0 Å². The maximum absolute atomic E-state index is 6.31. The molecule has 130 valence electrons. The first-order valence-electron chi connectivity index (χ1n) is 8.73. The number of fused-ring (bicyclic) bond motifs is 1. The molecule has 3 heterocycles. The van der Waals surface area contributed by atoms with Crippen LogP contribution in [-0.2, 0) is 13.1 Å². The Morgan fingerprint density at radius 2 is 2.08 bits per heavy atom. The second-order valence-electron chi connectivity index (χ2n) is 6.58. The minimum absolute atomic E-state index is 0.424. The highest BCUT2D eigenvalue weighted by Crippen LogP contribution is 2.32. The molecule has 0 spiro atoms. The van der Waals surface area contributed by atoms with Gasteiger partial charge in [-0.25, -0.2) is 9.67 Å². The first-order chi connectivity index (χ1) is 12.3. The highest BCUT2D eigenvalue weighted by atomic mass is 35.5. The van der Waals surface area contributed by atoms with E-state index in [1.54, 1.807) is 0 Å². The lowest BCUT2D eigenvalue weighted by Gasteiger charge is -2.16. The molecular formula is C19H22ClN5. The normalized spacial score (nSPS) is 18.2. The molecular weight excluding hydrogens is 334 g/mol. The number of nitrogens with zero attached hydrogens (tertiary/aromatic N) is 4. The molecule has 25 heavy (non-hydrogen) atoms. The van der Waals surface area contributed by atoms with E-state index in [1.807, 2.05) is 35.1 Å². The molecule has 1 aliphatic rings. The molecule has 5 nitrogen and oxygen atoms in total. The van der Waals surface area contributed by atoms with Crippen LogP contribution in [0.2, 0.25) is 5.02 Å². The lowest BCUT2D eigenvalue weighted by atomic mass is 10.0. The third-order valence-electron chi connectivity index (χ3n) is 4.89. The summed E-state index contributed by atoms with van der Waals surface area (Å²) in [6, 6.07) is 12.2. The zero-order chi connectivity index (χ0) is 17.2. The molecule has 4 rings (SSSR count). The van der Waals surface area contributed by atoms with Crippen LogP contribution < -0.4 is 5.73 Å². The van der Waals surface area contributed by atoms with Crippen molar-refractivity contribution in [2.75, 3.05) is 19.6 Å². The molecule has 0 saturated carbocycles. The first kappa shape index (κ1) is 16.5. The molecule has 1 saturated heterocycles. The SMILES string of the molecule is NCCn1nc([C@H]2CCN(Cc3ccccc3Cl)C2)c2cccnc21. The fraction of sp³-hybridized carbons (Fsp3) is 0.368. The van der Waals surface area contributed by atoms with Gasteiger partial charge in [0.2, 0.25) is 0 Å². The fourth-order valence-electron chi connectivity index (χ4n) is 3.68. The number of aromatic nitrogens is 3. The molecule has 0 aliphatic carbocycles. The lowest BCUT2D eigenvalue weighted by molar-refractivity contribution is 0.326. The first-order valence-corrected chi connectivity index (χ1v) is 9.11. The van der Waals surface area contributed by atoms with Gasteiger partial charge in [-0.05, 0) is 36.7 Å². The Hall–Kier alpha value is -1.95. The Morgan fingerprint density at radius 3 is 2.92 bits per heavy atom. The standard InChI is InChI=1S/C19H22ClN5/c20-17-6-2-1-4-14(17)12-24-10-7-15(13-24)18-16-5-3-9-22-19(16)25(23-18)11-8-21/h1-6,9,15H,7-8,10-13,21H2/t15-/m0/s1. The summed E-state index contributed by atoms with van der Waals surface area (Å²) in [7, 11) is 0. The van der Waals surface area contributed by atoms with Gasteiger partial charge in [0.15, 0.2) is 5.65 Å². The van der Waals surface area contributed by atoms with E-state index >= 15 is 0 Å². The average molecular weight is 356 g/mol. The Kier molecular flexibility index (Phi) is 4.70. The van der Waals surface area contributed by atoms with Crippen molar-refractivity contribution in [2.45, 2.75) is 25.4 Å². The second-order valence-corrected chi connectivity index (χ2v) is 6.99. The van der Waals surface area contributed by atoms with Crippen LogP contribution in [0.3, 0.4) is 0 Å². The monoisotopic (exact) mass is 355 g/mol. The highest BCUT2D eigenvalue weighted by Gasteiger charge is 2.28. The molecule has 1 aliphatic heterocycles. The number of rotatable bonds is 5. The molecule has 0 bridgehead atoms. The van der Waals surface area contributed by atoms with Gasteiger partial charge in [-0.2, -0.15) is 5.10 Å². The van der Waals surface area contributed by atoms with E-state index in [4.69, 9.17) is 22.4 Å². The number of likely N-dealkylation sites (tertiary alicyclic amines) is 1. The summed E-state index contributed by atoms with van der Waals surface area (Å²) in [6.07, 6.45) is 2.92. The fourth-order valence-corrected chi connectivity index (χ4v) is 3.88. The zero-order valence-electron chi connectivity index (χ0n) is 14.1. The van der Waals surface area contributed by atoms with Crippen LogP contribution >= 0.6 is 11.6 Å². The van der Waals surface area contributed by atoms with Gasteiger partial charge in [-0.3, -0.25) is 4.90 Å². The third-order valence-corrected chi connectivity index (χ3v) is 5.26. The molecule has 0 radical (unpaired) electrons. The molecule has 1 fully saturated rings. The predicted molar refractivity (Wildman–Crippen MR) is 101 cm³/mol. The van der Waals surface area contributed by atoms with Crippen LogP contribution in [0.5, 0.6) is 0 Å². The van der Waals surface area contributed by atoms with Crippen LogP contribution in [0.15, 0.2) is 42.6 Å². The van der Waals surface area contributed by atoms with Crippen molar-refractivity contribution in [3.05, 3.63) is 58.9 Å². The predicted octanol–water partition coefficient (Wildman–Crippen LogP) is 3.03. The molecule has 3 aromatic rings. The van der Waals surface area contributed by atoms with Crippen molar-refractivity contribution in [3.8, 4) is 0 Å².